The summed E-state index contributed by atoms with van der Waals surface area (Å²) in [5.41, 5.74) is -0.204. The van der Waals surface area contributed by atoms with Crippen LogP contribution in [0.2, 0.25) is 10.0 Å². The predicted molar refractivity (Wildman–Crippen MR) is 81.9 cm³/mol. The minimum Gasteiger partial charge on any atom is -0.349 e. The molecular formula is C14H16Cl2N2O3. The number of carbonyl (C=O) groups is 1. The lowest BCUT2D eigenvalue weighted by Gasteiger charge is -2.20. The molecule has 3 unspecified atom stereocenters. The number of halogens is 2. The van der Waals surface area contributed by atoms with E-state index in [0.29, 0.717) is 11.8 Å². The van der Waals surface area contributed by atoms with Gasteiger partial charge in [0.15, 0.2) is 0 Å². The van der Waals surface area contributed by atoms with Crippen molar-refractivity contribution < 1.29 is 9.72 Å². The number of nitrogens with one attached hydrogen (secondary N) is 1. The fourth-order valence-corrected chi connectivity index (χ4v) is 3.07. The number of nitro groups is 1. The normalized spacial score (nSPS) is 24.9. The van der Waals surface area contributed by atoms with Crippen LogP contribution in [0.25, 0.3) is 0 Å². The maximum absolute atomic E-state index is 12.3. The summed E-state index contributed by atoms with van der Waals surface area (Å²) >= 11 is 11.9. The summed E-state index contributed by atoms with van der Waals surface area (Å²) in [6.45, 7) is 4.23. The fourth-order valence-electron chi connectivity index (χ4n) is 2.66. The second-order valence-corrected chi connectivity index (χ2v) is 6.33. The molecule has 7 heteroatoms. The summed E-state index contributed by atoms with van der Waals surface area (Å²) in [5.74, 6) is 0.484. The maximum Gasteiger partial charge on any atom is 0.271 e. The zero-order valence-corrected chi connectivity index (χ0v) is 13.2. The minimum absolute atomic E-state index is 0.00357. The lowest BCUT2D eigenvalue weighted by molar-refractivity contribution is -0.384. The van der Waals surface area contributed by atoms with Crippen LogP contribution >= 0.6 is 23.2 Å². The van der Waals surface area contributed by atoms with E-state index in [9.17, 15) is 14.9 Å². The first-order valence-corrected chi connectivity index (χ1v) is 7.51. The van der Waals surface area contributed by atoms with E-state index in [2.05, 4.69) is 19.2 Å². The molecule has 114 valence electrons. The second kappa shape index (κ2) is 6.20. The Bertz CT molecular complexity index is 592. The molecule has 1 fully saturated rings. The van der Waals surface area contributed by atoms with E-state index in [0.717, 1.165) is 25.0 Å². The first kappa shape index (κ1) is 16.0. The van der Waals surface area contributed by atoms with Crippen LogP contribution in [0.4, 0.5) is 5.69 Å². The number of hydrogen-bond acceptors (Lipinski definition) is 3. The molecule has 0 bridgehead atoms. The van der Waals surface area contributed by atoms with Crippen LogP contribution in [-0.4, -0.2) is 16.9 Å². The third kappa shape index (κ3) is 3.30. The molecule has 1 amide bonds. The first-order chi connectivity index (χ1) is 9.81. The van der Waals surface area contributed by atoms with Gasteiger partial charge in [-0.3, -0.25) is 14.9 Å². The molecule has 1 aliphatic rings. The van der Waals surface area contributed by atoms with Crippen molar-refractivity contribution in [2.24, 2.45) is 11.8 Å². The lowest BCUT2D eigenvalue weighted by Crippen LogP contribution is -2.37. The zero-order valence-electron chi connectivity index (χ0n) is 11.7. The van der Waals surface area contributed by atoms with E-state index in [1.165, 1.54) is 0 Å². The lowest BCUT2D eigenvalue weighted by atomic mass is 9.97. The van der Waals surface area contributed by atoms with Crippen LogP contribution < -0.4 is 5.32 Å². The SMILES string of the molecule is CC1CCC(NC(=O)c2cc([N+](=O)[O-])cc(Cl)c2Cl)C1C. The predicted octanol–water partition coefficient (Wildman–Crippen LogP) is 4.07. The maximum atomic E-state index is 12.3. The van der Waals surface area contributed by atoms with Crippen LogP contribution in [0.1, 0.15) is 37.0 Å². The highest BCUT2D eigenvalue weighted by Gasteiger charge is 2.31. The van der Waals surface area contributed by atoms with Crippen LogP contribution in [0.3, 0.4) is 0 Å². The Morgan fingerprint density at radius 3 is 2.52 bits per heavy atom. The van der Waals surface area contributed by atoms with Crippen molar-refractivity contribution in [2.45, 2.75) is 32.7 Å². The zero-order chi connectivity index (χ0) is 15.7. The number of rotatable bonds is 3. The van der Waals surface area contributed by atoms with Gasteiger partial charge < -0.3 is 5.32 Å². The summed E-state index contributed by atoms with van der Waals surface area (Å²) in [6, 6.07) is 2.36. The Morgan fingerprint density at radius 2 is 2.00 bits per heavy atom. The molecule has 0 heterocycles. The fraction of sp³-hybridized carbons (Fsp3) is 0.500. The second-order valence-electron chi connectivity index (χ2n) is 5.54. The monoisotopic (exact) mass is 330 g/mol. The van der Waals surface area contributed by atoms with Crippen molar-refractivity contribution >= 4 is 34.8 Å². The third-order valence-electron chi connectivity index (χ3n) is 4.25. The molecule has 0 saturated heterocycles. The van der Waals surface area contributed by atoms with Gasteiger partial charge in [0.25, 0.3) is 11.6 Å². The van der Waals surface area contributed by atoms with Gasteiger partial charge in [-0.1, -0.05) is 37.0 Å². The van der Waals surface area contributed by atoms with E-state index in [1.54, 1.807) is 0 Å². The van der Waals surface area contributed by atoms with Crippen LogP contribution in [0, 0.1) is 22.0 Å². The molecule has 0 radical (unpaired) electrons. The van der Waals surface area contributed by atoms with Crippen LogP contribution in [0.5, 0.6) is 0 Å². The molecule has 1 aromatic carbocycles. The molecule has 1 N–H and O–H groups in total. The molecule has 0 spiro atoms. The Labute approximate surface area is 132 Å². The molecule has 3 atom stereocenters. The summed E-state index contributed by atoms with van der Waals surface area (Å²) in [5, 5.41) is 13.8. The topological polar surface area (TPSA) is 72.2 Å². The summed E-state index contributed by atoms with van der Waals surface area (Å²) in [7, 11) is 0. The minimum atomic E-state index is -0.598. The van der Waals surface area contributed by atoms with Crippen molar-refractivity contribution in [3.63, 3.8) is 0 Å². The average molecular weight is 331 g/mol. The number of nitrogens with zero attached hydrogens (tertiary/aromatic N) is 1. The van der Waals surface area contributed by atoms with Gasteiger partial charge in [0.1, 0.15) is 0 Å². The molecule has 21 heavy (non-hydrogen) atoms. The Morgan fingerprint density at radius 1 is 1.33 bits per heavy atom. The Hall–Kier alpha value is -1.33. The molecule has 2 rings (SSSR count). The van der Waals surface area contributed by atoms with E-state index in [-0.39, 0.29) is 27.3 Å². The average Bonchev–Trinajstić information content (AvgIpc) is 2.73. The number of nitro benzene ring substituents is 1. The van der Waals surface area contributed by atoms with Crippen molar-refractivity contribution in [3.8, 4) is 0 Å². The van der Waals surface area contributed by atoms with E-state index < -0.39 is 10.8 Å². The largest absolute Gasteiger partial charge is 0.349 e. The molecule has 5 nitrogen and oxygen atoms in total. The molecular weight excluding hydrogens is 315 g/mol. The van der Waals surface area contributed by atoms with Gasteiger partial charge in [0, 0.05) is 18.2 Å². The van der Waals surface area contributed by atoms with Gasteiger partial charge in [-0.05, 0) is 24.7 Å². The number of non-ortho nitro benzene ring substituents is 1. The quantitative estimate of drug-likeness (QED) is 0.670. The first-order valence-electron chi connectivity index (χ1n) is 6.75. The smallest absolute Gasteiger partial charge is 0.271 e. The van der Waals surface area contributed by atoms with Gasteiger partial charge in [-0.25, -0.2) is 0 Å². The number of hydrogen-bond donors (Lipinski definition) is 1. The van der Waals surface area contributed by atoms with Crippen molar-refractivity contribution in [1.29, 1.82) is 0 Å². The van der Waals surface area contributed by atoms with Gasteiger partial charge in [0.2, 0.25) is 0 Å². The number of amides is 1. The highest BCUT2D eigenvalue weighted by molar-refractivity contribution is 6.44. The molecule has 1 aromatic rings. The van der Waals surface area contributed by atoms with E-state index >= 15 is 0 Å². The molecule has 0 aromatic heterocycles. The number of benzene rings is 1. The summed E-state index contributed by atoms with van der Waals surface area (Å²) in [6.07, 6.45) is 1.95. The standard InChI is InChI=1S/C14H16Cl2N2O3/c1-7-3-4-12(8(7)2)17-14(19)10-5-9(18(20)21)6-11(15)13(10)16/h5-8,12H,3-4H2,1-2H3,(H,17,19). The third-order valence-corrected chi connectivity index (χ3v) is 5.05. The van der Waals surface area contributed by atoms with Gasteiger partial charge in [0.05, 0.1) is 20.5 Å². The van der Waals surface area contributed by atoms with Crippen LogP contribution in [-0.2, 0) is 0 Å². The highest BCUT2D eigenvalue weighted by Crippen LogP contribution is 2.33. The Kier molecular flexibility index (Phi) is 4.74. The van der Waals surface area contributed by atoms with Gasteiger partial charge in [-0.15, -0.1) is 0 Å². The Balaban J connectivity index is 2.25. The van der Waals surface area contributed by atoms with E-state index in [1.807, 2.05) is 0 Å². The van der Waals surface area contributed by atoms with E-state index in [4.69, 9.17) is 23.2 Å². The molecule has 0 aliphatic heterocycles. The molecule has 1 saturated carbocycles. The van der Waals surface area contributed by atoms with Crippen molar-refractivity contribution in [1.82, 2.24) is 5.32 Å². The van der Waals surface area contributed by atoms with Crippen molar-refractivity contribution in [2.75, 3.05) is 0 Å². The summed E-state index contributed by atoms with van der Waals surface area (Å²) < 4.78 is 0. The van der Waals surface area contributed by atoms with Gasteiger partial charge in [-0.2, -0.15) is 0 Å². The number of carbonyl (C=O) groups excluding carboxylic acids is 1. The van der Waals surface area contributed by atoms with Gasteiger partial charge >= 0.3 is 0 Å². The highest BCUT2D eigenvalue weighted by atomic mass is 35.5. The van der Waals surface area contributed by atoms with Crippen LogP contribution in [0.15, 0.2) is 12.1 Å². The van der Waals surface area contributed by atoms with Crippen molar-refractivity contribution in [3.05, 3.63) is 37.9 Å². The summed E-state index contributed by atoms with van der Waals surface area (Å²) in [4.78, 5) is 22.6. The molecule has 1 aliphatic carbocycles.